The van der Waals surface area contributed by atoms with Crippen molar-refractivity contribution in [3.05, 3.63) is 35.9 Å². The first-order valence-corrected chi connectivity index (χ1v) is 7.30. The SMILES string of the molecule is CCOC(=O)C(C(N)=O)C(CCCN)Cc1ccccc1.Cl. The molecule has 1 amide bonds. The number of primary amides is 1. The molecule has 1 aromatic carbocycles. The van der Waals surface area contributed by atoms with Gasteiger partial charge in [-0.05, 0) is 44.2 Å². The molecule has 0 aliphatic heterocycles. The van der Waals surface area contributed by atoms with Gasteiger partial charge in [0.25, 0.3) is 0 Å². The zero-order valence-electron chi connectivity index (χ0n) is 12.9. The lowest BCUT2D eigenvalue weighted by Crippen LogP contribution is -2.38. The molecule has 0 fully saturated rings. The number of carbonyl (C=O) groups excluding carboxylic acids is 2. The summed E-state index contributed by atoms with van der Waals surface area (Å²) in [7, 11) is 0. The van der Waals surface area contributed by atoms with E-state index in [4.69, 9.17) is 16.2 Å². The van der Waals surface area contributed by atoms with E-state index < -0.39 is 17.8 Å². The molecule has 0 spiro atoms. The highest BCUT2D eigenvalue weighted by Gasteiger charge is 2.34. The van der Waals surface area contributed by atoms with Crippen molar-refractivity contribution in [2.75, 3.05) is 13.2 Å². The van der Waals surface area contributed by atoms with E-state index in [0.717, 1.165) is 12.0 Å². The molecular formula is C16H25ClN2O3. The summed E-state index contributed by atoms with van der Waals surface area (Å²) in [6, 6.07) is 9.73. The topological polar surface area (TPSA) is 95.4 Å². The van der Waals surface area contributed by atoms with Gasteiger partial charge in [0, 0.05) is 0 Å². The van der Waals surface area contributed by atoms with Gasteiger partial charge in [-0.2, -0.15) is 0 Å². The Morgan fingerprint density at radius 2 is 1.86 bits per heavy atom. The lowest BCUT2D eigenvalue weighted by molar-refractivity contribution is -0.153. The Balaban J connectivity index is 0.00000441. The van der Waals surface area contributed by atoms with Crippen molar-refractivity contribution in [1.82, 2.24) is 0 Å². The Labute approximate surface area is 137 Å². The van der Waals surface area contributed by atoms with Crippen molar-refractivity contribution in [2.45, 2.75) is 26.2 Å². The predicted octanol–water partition coefficient (Wildman–Crippen LogP) is 1.67. The number of nitrogens with two attached hydrogens (primary N) is 2. The molecule has 22 heavy (non-hydrogen) atoms. The van der Waals surface area contributed by atoms with E-state index in [1.165, 1.54) is 0 Å². The fourth-order valence-corrected chi connectivity index (χ4v) is 2.46. The Morgan fingerprint density at radius 3 is 2.36 bits per heavy atom. The minimum atomic E-state index is -0.920. The number of hydrogen-bond donors (Lipinski definition) is 2. The van der Waals surface area contributed by atoms with Crippen LogP contribution < -0.4 is 11.5 Å². The Kier molecular flexibility index (Phi) is 10.2. The van der Waals surface area contributed by atoms with E-state index in [9.17, 15) is 9.59 Å². The molecule has 0 heterocycles. The van der Waals surface area contributed by atoms with Gasteiger partial charge in [0.05, 0.1) is 6.61 Å². The van der Waals surface area contributed by atoms with Crippen molar-refractivity contribution < 1.29 is 14.3 Å². The third kappa shape index (κ3) is 6.45. The highest BCUT2D eigenvalue weighted by atomic mass is 35.5. The van der Waals surface area contributed by atoms with Crippen LogP contribution in [0.3, 0.4) is 0 Å². The Bertz CT molecular complexity index is 454. The summed E-state index contributed by atoms with van der Waals surface area (Å²) in [5.41, 5.74) is 12.0. The maximum atomic E-state index is 12.0. The standard InChI is InChI=1S/C16H24N2O3.ClH/c1-2-21-16(20)14(15(18)19)13(9-6-10-17)11-12-7-4-3-5-8-12;/h3-5,7-8,13-14H,2,6,9-11,17H2,1H3,(H2,18,19);1H. The van der Waals surface area contributed by atoms with Crippen LogP contribution >= 0.6 is 12.4 Å². The van der Waals surface area contributed by atoms with E-state index in [1.807, 2.05) is 30.3 Å². The van der Waals surface area contributed by atoms with Gasteiger partial charge in [-0.15, -0.1) is 12.4 Å². The van der Waals surface area contributed by atoms with Gasteiger partial charge < -0.3 is 16.2 Å². The van der Waals surface area contributed by atoms with Crippen LogP contribution in [0.2, 0.25) is 0 Å². The van der Waals surface area contributed by atoms with Gasteiger partial charge in [-0.1, -0.05) is 30.3 Å². The first kappa shape index (κ1) is 20.4. The van der Waals surface area contributed by atoms with Crippen LogP contribution in [0.4, 0.5) is 0 Å². The van der Waals surface area contributed by atoms with E-state index in [1.54, 1.807) is 6.92 Å². The molecule has 124 valence electrons. The van der Waals surface area contributed by atoms with Crippen LogP contribution in [0.1, 0.15) is 25.3 Å². The molecule has 1 rings (SSSR count). The van der Waals surface area contributed by atoms with Crippen LogP contribution in [0.25, 0.3) is 0 Å². The smallest absolute Gasteiger partial charge is 0.318 e. The summed E-state index contributed by atoms with van der Waals surface area (Å²) in [4.78, 5) is 23.7. The molecule has 0 bridgehead atoms. The summed E-state index contributed by atoms with van der Waals surface area (Å²) in [6.07, 6.45) is 2.01. The fourth-order valence-electron chi connectivity index (χ4n) is 2.46. The maximum absolute atomic E-state index is 12.0. The minimum Gasteiger partial charge on any atom is -0.465 e. The molecule has 0 saturated heterocycles. The number of esters is 1. The Morgan fingerprint density at radius 1 is 1.23 bits per heavy atom. The molecular weight excluding hydrogens is 304 g/mol. The molecule has 2 atom stereocenters. The second kappa shape index (κ2) is 11.0. The lowest BCUT2D eigenvalue weighted by atomic mass is 9.83. The second-order valence-corrected chi connectivity index (χ2v) is 5.01. The summed E-state index contributed by atoms with van der Waals surface area (Å²) in [5.74, 6) is -2.28. The fraction of sp³-hybridized carbons (Fsp3) is 0.500. The van der Waals surface area contributed by atoms with Crippen LogP contribution in [0, 0.1) is 11.8 Å². The monoisotopic (exact) mass is 328 g/mol. The van der Waals surface area contributed by atoms with Gasteiger partial charge >= 0.3 is 5.97 Å². The van der Waals surface area contributed by atoms with Crippen LogP contribution in [-0.4, -0.2) is 25.0 Å². The van der Waals surface area contributed by atoms with Gasteiger partial charge in [0.1, 0.15) is 5.92 Å². The van der Waals surface area contributed by atoms with Gasteiger partial charge in [-0.3, -0.25) is 9.59 Å². The van der Waals surface area contributed by atoms with E-state index in [-0.39, 0.29) is 24.9 Å². The lowest BCUT2D eigenvalue weighted by Gasteiger charge is -2.23. The predicted molar refractivity (Wildman–Crippen MR) is 88.5 cm³/mol. The zero-order valence-corrected chi connectivity index (χ0v) is 13.7. The molecule has 0 aliphatic carbocycles. The number of rotatable bonds is 9. The summed E-state index contributed by atoms with van der Waals surface area (Å²) in [6.45, 7) is 2.46. The average molecular weight is 329 g/mol. The largest absolute Gasteiger partial charge is 0.465 e. The first-order chi connectivity index (χ1) is 10.1. The van der Waals surface area contributed by atoms with Crippen LogP contribution in [0.5, 0.6) is 0 Å². The van der Waals surface area contributed by atoms with Gasteiger partial charge in [-0.25, -0.2) is 0 Å². The van der Waals surface area contributed by atoms with Crippen molar-refractivity contribution in [1.29, 1.82) is 0 Å². The third-order valence-corrected chi connectivity index (χ3v) is 3.44. The van der Waals surface area contributed by atoms with Crippen molar-refractivity contribution in [2.24, 2.45) is 23.3 Å². The summed E-state index contributed by atoms with van der Waals surface area (Å²) in [5, 5.41) is 0. The maximum Gasteiger partial charge on any atom is 0.318 e. The molecule has 6 heteroatoms. The molecule has 4 N–H and O–H groups in total. The number of hydrogen-bond acceptors (Lipinski definition) is 4. The zero-order chi connectivity index (χ0) is 15.7. The number of benzene rings is 1. The van der Waals surface area contributed by atoms with Gasteiger partial charge in [0.2, 0.25) is 5.91 Å². The highest BCUT2D eigenvalue weighted by Crippen LogP contribution is 2.24. The number of halogens is 1. The quantitative estimate of drug-likeness (QED) is 0.532. The minimum absolute atomic E-state index is 0. The molecule has 0 aromatic heterocycles. The summed E-state index contributed by atoms with van der Waals surface area (Å²) >= 11 is 0. The number of ether oxygens (including phenoxy) is 1. The molecule has 5 nitrogen and oxygen atoms in total. The van der Waals surface area contributed by atoms with Crippen molar-refractivity contribution in [3.8, 4) is 0 Å². The first-order valence-electron chi connectivity index (χ1n) is 7.30. The van der Waals surface area contributed by atoms with Crippen molar-refractivity contribution in [3.63, 3.8) is 0 Å². The highest BCUT2D eigenvalue weighted by molar-refractivity contribution is 5.97. The van der Waals surface area contributed by atoms with Gasteiger partial charge in [0.15, 0.2) is 0 Å². The van der Waals surface area contributed by atoms with E-state index in [0.29, 0.717) is 19.4 Å². The van der Waals surface area contributed by atoms with Crippen LogP contribution in [0.15, 0.2) is 30.3 Å². The normalized spacial score (nSPS) is 12.8. The molecule has 1 aromatic rings. The second-order valence-electron chi connectivity index (χ2n) is 5.01. The summed E-state index contributed by atoms with van der Waals surface area (Å²) < 4.78 is 4.99. The molecule has 0 saturated carbocycles. The Hall–Kier alpha value is -1.59. The number of carbonyl (C=O) groups is 2. The van der Waals surface area contributed by atoms with Crippen LogP contribution in [-0.2, 0) is 20.7 Å². The number of amides is 1. The molecule has 0 radical (unpaired) electrons. The molecule has 0 aliphatic rings. The van der Waals surface area contributed by atoms with E-state index in [2.05, 4.69) is 0 Å². The average Bonchev–Trinajstić information content (AvgIpc) is 2.45. The van der Waals surface area contributed by atoms with E-state index >= 15 is 0 Å². The van der Waals surface area contributed by atoms with Crippen molar-refractivity contribution >= 4 is 24.3 Å². The molecule has 2 unspecified atom stereocenters. The third-order valence-electron chi connectivity index (χ3n) is 3.44.